The monoisotopic (exact) mass is 386 g/mol. The van der Waals surface area contributed by atoms with E-state index in [0.29, 0.717) is 0 Å². The summed E-state index contributed by atoms with van der Waals surface area (Å²) >= 11 is 13.4. The highest BCUT2D eigenvalue weighted by Gasteiger charge is 2.13. The normalized spacial score (nSPS) is 12.4. The van der Waals surface area contributed by atoms with Crippen molar-refractivity contribution in [2.24, 2.45) is 0 Å². The van der Waals surface area contributed by atoms with Gasteiger partial charge in [-0.15, -0.1) is 0 Å². The van der Waals surface area contributed by atoms with Crippen molar-refractivity contribution in [3.63, 3.8) is 0 Å². The van der Waals surface area contributed by atoms with Crippen LogP contribution in [0.2, 0.25) is 5.02 Å². The minimum atomic E-state index is 0.256. The Bertz CT molecular complexity index is 552. The molecule has 0 bridgehead atoms. The Hall–Kier alpha value is -0.310. The van der Waals surface area contributed by atoms with Crippen LogP contribution in [0, 0.1) is 6.92 Å². The Morgan fingerprint density at radius 3 is 2.61 bits per heavy atom. The van der Waals surface area contributed by atoms with Crippen LogP contribution in [0.5, 0.6) is 0 Å². The summed E-state index contributed by atoms with van der Waals surface area (Å²) in [5.41, 5.74) is 3.86. The molecule has 0 fully saturated rings. The Kier molecular flexibility index (Phi) is 4.88. The maximum atomic E-state index is 6.05. The van der Waals surface area contributed by atoms with Gasteiger partial charge in [0.1, 0.15) is 0 Å². The van der Waals surface area contributed by atoms with Gasteiger partial charge < -0.3 is 0 Å². The van der Waals surface area contributed by atoms with Crippen molar-refractivity contribution < 1.29 is 0 Å². The molecule has 0 nitrogen and oxygen atoms in total. The van der Waals surface area contributed by atoms with Crippen molar-refractivity contribution in [2.45, 2.75) is 18.2 Å². The molecule has 94 valence electrons. The zero-order valence-electron chi connectivity index (χ0n) is 9.96. The molecule has 0 heterocycles. The van der Waals surface area contributed by atoms with E-state index >= 15 is 0 Å². The fourth-order valence-corrected chi connectivity index (χ4v) is 3.64. The fourth-order valence-electron chi connectivity index (χ4n) is 1.90. The van der Waals surface area contributed by atoms with Crippen LogP contribution in [0.25, 0.3) is 0 Å². The molecule has 0 aromatic heterocycles. The van der Waals surface area contributed by atoms with Gasteiger partial charge in [-0.25, -0.2) is 0 Å². The molecule has 3 heteroatoms. The van der Waals surface area contributed by atoms with E-state index in [0.717, 1.165) is 15.9 Å². The van der Waals surface area contributed by atoms with E-state index in [1.54, 1.807) is 0 Å². The molecular formula is C15H13Br2Cl. The van der Waals surface area contributed by atoms with E-state index < -0.39 is 0 Å². The van der Waals surface area contributed by atoms with Crippen molar-refractivity contribution in [2.75, 3.05) is 0 Å². The third kappa shape index (κ3) is 3.37. The molecule has 0 amide bonds. The van der Waals surface area contributed by atoms with Crippen LogP contribution in [0.4, 0.5) is 0 Å². The third-order valence-corrected chi connectivity index (χ3v) is 4.73. The predicted molar refractivity (Wildman–Crippen MR) is 85.7 cm³/mol. The average Bonchev–Trinajstić information content (AvgIpc) is 2.35. The molecule has 2 rings (SSSR count). The van der Waals surface area contributed by atoms with Crippen LogP contribution >= 0.6 is 43.5 Å². The van der Waals surface area contributed by atoms with E-state index in [2.05, 4.69) is 63.0 Å². The molecule has 0 N–H and O–H groups in total. The second kappa shape index (κ2) is 6.23. The second-order valence-electron chi connectivity index (χ2n) is 4.26. The summed E-state index contributed by atoms with van der Waals surface area (Å²) in [4.78, 5) is 0.256. The zero-order valence-corrected chi connectivity index (χ0v) is 13.9. The second-order valence-corrected chi connectivity index (χ2v) is 6.66. The number of alkyl halides is 1. The number of halogens is 3. The van der Waals surface area contributed by atoms with Crippen molar-refractivity contribution in [3.8, 4) is 0 Å². The molecule has 0 saturated heterocycles. The van der Waals surface area contributed by atoms with Crippen LogP contribution in [0.15, 0.2) is 46.9 Å². The van der Waals surface area contributed by atoms with Gasteiger partial charge in [0.15, 0.2) is 0 Å². The number of benzene rings is 2. The molecule has 1 atom stereocenters. The summed E-state index contributed by atoms with van der Waals surface area (Å²) in [7, 11) is 0. The van der Waals surface area contributed by atoms with Crippen LogP contribution < -0.4 is 0 Å². The molecule has 0 aliphatic heterocycles. The van der Waals surface area contributed by atoms with E-state index in [1.165, 1.54) is 16.7 Å². The molecule has 18 heavy (non-hydrogen) atoms. The summed E-state index contributed by atoms with van der Waals surface area (Å²) in [5.74, 6) is 0. The molecule has 2 aromatic carbocycles. The predicted octanol–water partition coefficient (Wildman–Crippen LogP) is 6.09. The van der Waals surface area contributed by atoms with E-state index in [1.807, 2.05) is 18.2 Å². The fraction of sp³-hybridized carbons (Fsp3) is 0.200. The van der Waals surface area contributed by atoms with Crippen molar-refractivity contribution in [1.29, 1.82) is 0 Å². The molecule has 0 spiro atoms. The molecule has 0 radical (unpaired) electrons. The highest BCUT2D eigenvalue weighted by molar-refractivity contribution is 9.11. The lowest BCUT2D eigenvalue weighted by Gasteiger charge is -2.14. The first-order valence-electron chi connectivity index (χ1n) is 5.71. The first-order chi connectivity index (χ1) is 8.58. The van der Waals surface area contributed by atoms with Gasteiger partial charge >= 0.3 is 0 Å². The highest BCUT2D eigenvalue weighted by atomic mass is 79.9. The molecule has 1 unspecified atom stereocenters. The van der Waals surface area contributed by atoms with Crippen molar-refractivity contribution in [3.05, 3.63) is 68.7 Å². The van der Waals surface area contributed by atoms with Gasteiger partial charge in [0.2, 0.25) is 0 Å². The smallest absolute Gasteiger partial charge is 0.0447 e. The lowest BCUT2D eigenvalue weighted by molar-refractivity contribution is 0.933. The summed E-state index contributed by atoms with van der Waals surface area (Å²) in [6.07, 6.45) is 0.950. The molecular weight excluding hydrogens is 375 g/mol. The number of hydrogen-bond acceptors (Lipinski definition) is 0. The standard InChI is InChI=1S/C15H13Br2Cl/c1-10-4-2-3-5-11(10)8-15(17)13-9-12(18)6-7-14(13)16/h2-7,9,15H,8H2,1H3. The highest BCUT2D eigenvalue weighted by Crippen LogP contribution is 2.34. The van der Waals surface area contributed by atoms with E-state index in [9.17, 15) is 0 Å². The minimum absolute atomic E-state index is 0.256. The van der Waals surface area contributed by atoms with Crippen LogP contribution in [-0.2, 0) is 6.42 Å². The molecule has 2 aromatic rings. The van der Waals surface area contributed by atoms with E-state index in [-0.39, 0.29) is 4.83 Å². The molecule has 0 aliphatic rings. The van der Waals surface area contributed by atoms with Gasteiger partial charge in [-0.3, -0.25) is 0 Å². The first-order valence-corrected chi connectivity index (χ1v) is 7.80. The van der Waals surface area contributed by atoms with Crippen LogP contribution in [0.3, 0.4) is 0 Å². The summed E-state index contributed by atoms with van der Waals surface area (Å²) in [6, 6.07) is 14.3. The molecule has 0 saturated carbocycles. The maximum absolute atomic E-state index is 6.05. The quantitative estimate of drug-likeness (QED) is 0.558. The van der Waals surface area contributed by atoms with Gasteiger partial charge in [-0.2, -0.15) is 0 Å². The van der Waals surface area contributed by atoms with Gasteiger partial charge in [0, 0.05) is 14.3 Å². The molecule has 0 aliphatic carbocycles. The maximum Gasteiger partial charge on any atom is 0.0447 e. The summed E-state index contributed by atoms with van der Waals surface area (Å²) in [6.45, 7) is 2.14. The average molecular weight is 389 g/mol. The zero-order chi connectivity index (χ0) is 13.1. The van der Waals surface area contributed by atoms with Gasteiger partial charge in [-0.05, 0) is 48.2 Å². The Morgan fingerprint density at radius 2 is 1.89 bits per heavy atom. The number of rotatable bonds is 3. The number of aryl methyl sites for hydroxylation is 1. The largest absolute Gasteiger partial charge is 0.0843 e. The third-order valence-electron chi connectivity index (χ3n) is 2.96. The van der Waals surface area contributed by atoms with Crippen LogP contribution in [0.1, 0.15) is 21.5 Å². The van der Waals surface area contributed by atoms with Crippen LogP contribution in [-0.4, -0.2) is 0 Å². The van der Waals surface area contributed by atoms with Crippen molar-refractivity contribution in [1.82, 2.24) is 0 Å². The lowest BCUT2D eigenvalue weighted by Crippen LogP contribution is -1.98. The topological polar surface area (TPSA) is 0 Å². The first kappa shape index (κ1) is 14.1. The SMILES string of the molecule is Cc1ccccc1CC(Br)c1cc(Cl)ccc1Br. The van der Waals surface area contributed by atoms with Gasteiger partial charge in [-0.1, -0.05) is 67.7 Å². The number of hydrogen-bond donors (Lipinski definition) is 0. The van der Waals surface area contributed by atoms with Gasteiger partial charge in [0.05, 0.1) is 0 Å². The van der Waals surface area contributed by atoms with Crippen molar-refractivity contribution >= 4 is 43.5 Å². The van der Waals surface area contributed by atoms with E-state index in [4.69, 9.17) is 11.6 Å². The Morgan fingerprint density at radius 1 is 1.17 bits per heavy atom. The lowest BCUT2D eigenvalue weighted by atomic mass is 10.0. The summed E-state index contributed by atoms with van der Waals surface area (Å²) in [5, 5.41) is 0.766. The minimum Gasteiger partial charge on any atom is -0.0843 e. The van der Waals surface area contributed by atoms with Gasteiger partial charge in [0.25, 0.3) is 0 Å². The summed E-state index contributed by atoms with van der Waals surface area (Å²) < 4.78 is 1.09. The Labute approximate surface area is 130 Å². The Balaban J connectivity index is 2.25.